The summed E-state index contributed by atoms with van der Waals surface area (Å²) in [5.74, 6) is 1.41. The summed E-state index contributed by atoms with van der Waals surface area (Å²) in [5.41, 5.74) is 9.61. The number of benzene rings is 1. The summed E-state index contributed by atoms with van der Waals surface area (Å²) in [6.07, 6.45) is 1.89. The number of fused-ring (bicyclic) bond motifs is 1. The van der Waals surface area contributed by atoms with E-state index < -0.39 is 0 Å². The van der Waals surface area contributed by atoms with E-state index in [0.29, 0.717) is 12.5 Å². The highest BCUT2D eigenvalue weighted by atomic mass is 16.3. The van der Waals surface area contributed by atoms with Crippen LogP contribution in [0.25, 0.3) is 11.0 Å². The Kier molecular flexibility index (Phi) is 4.78. The van der Waals surface area contributed by atoms with Gasteiger partial charge >= 0.3 is 0 Å². The number of rotatable bonds is 6. The third kappa shape index (κ3) is 3.02. The fourth-order valence-electron chi connectivity index (χ4n) is 2.65. The van der Waals surface area contributed by atoms with Gasteiger partial charge < -0.3 is 15.4 Å². The van der Waals surface area contributed by atoms with E-state index in [0.717, 1.165) is 29.7 Å². The van der Waals surface area contributed by atoms with Crippen molar-refractivity contribution >= 4 is 11.0 Å². The van der Waals surface area contributed by atoms with E-state index >= 15 is 0 Å². The molecule has 4 heteroatoms. The highest BCUT2D eigenvalue weighted by molar-refractivity contribution is 5.77. The summed E-state index contributed by atoms with van der Waals surface area (Å²) < 4.78 is 2.06. The van der Waals surface area contributed by atoms with E-state index in [-0.39, 0.29) is 12.6 Å². The van der Waals surface area contributed by atoms with Crippen molar-refractivity contribution in [1.82, 2.24) is 9.55 Å². The second-order valence-corrected chi connectivity index (χ2v) is 5.76. The molecule has 1 unspecified atom stereocenters. The third-order valence-electron chi connectivity index (χ3n) is 3.63. The molecule has 1 aromatic carbocycles. The molecule has 3 N–H and O–H groups in total. The van der Waals surface area contributed by atoms with Crippen LogP contribution in [0, 0.1) is 5.92 Å². The van der Waals surface area contributed by atoms with Crippen LogP contribution in [-0.2, 0) is 13.0 Å². The fourth-order valence-corrected chi connectivity index (χ4v) is 2.65. The zero-order valence-electron chi connectivity index (χ0n) is 12.6. The van der Waals surface area contributed by atoms with Crippen LogP contribution in [0.5, 0.6) is 0 Å². The average molecular weight is 275 g/mol. The first-order chi connectivity index (χ1) is 9.56. The summed E-state index contributed by atoms with van der Waals surface area (Å²) in [6, 6.07) is 6.24. The summed E-state index contributed by atoms with van der Waals surface area (Å²) in [5, 5.41) is 9.30. The second-order valence-electron chi connectivity index (χ2n) is 5.76. The molecule has 20 heavy (non-hydrogen) atoms. The molecule has 1 aromatic heterocycles. The number of aliphatic hydroxyl groups is 1. The first kappa shape index (κ1) is 15.0. The van der Waals surface area contributed by atoms with Gasteiger partial charge in [-0.15, -0.1) is 0 Å². The molecule has 0 aliphatic carbocycles. The van der Waals surface area contributed by atoms with Gasteiger partial charge in [0.25, 0.3) is 0 Å². The van der Waals surface area contributed by atoms with Crippen molar-refractivity contribution in [2.75, 3.05) is 6.61 Å². The minimum Gasteiger partial charge on any atom is -0.395 e. The molecular formula is C16H25N3O. The van der Waals surface area contributed by atoms with Crippen molar-refractivity contribution in [1.29, 1.82) is 0 Å². The minimum absolute atomic E-state index is 0.0842. The van der Waals surface area contributed by atoms with Crippen molar-refractivity contribution < 1.29 is 5.11 Å². The lowest BCUT2D eigenvalue weighted by atomic mass is 10.0. The van der Waals surface area contributed by atoms with Crippen molar-refractivity contribution in [2.24, 2.45) is 11.7 Å². The largest absolute Gasteiger partial charge is 0.395 e. The van der Waals surface area contributed by atoms with E-state index in [9.17, 15) is 5.11 Å². The number of nitrogens with zero attached hydrogens (tertiary/aromatic N) is 2. The lowest BCUT2D eigenvalue weighted by molar-refractivity contribution is 0.274. The number of aromatic nitrogens is 2. The maximum atomic E-state index is 9.30. The highest BCUT2D eigenvalue weighted by Crippen LogP contribution is 2.24. The highest BCUT2D eigenvalue weighted by Gasteiger charge is 2.18. The number of nitrogens with two attached hydrogens (primary N) is 1. The van der Waals surface area contributed by atoms with Crippen molar-refractivity contribution in [2.45, 2.75) is 46.2 Å². The molecule has 2 rings (SSSR count). The van der Waals surface area contributed by atoms with Gasteiger partial charge in [0.05, 0.1) is 23.7 Å². The zero-order valence-corrected chi connectivity index (χ0v) is 12.6. The Morgan fingerprint density at radius 1 is 1.35 bits per heavy atom. The number of aliphatic hydroxyl groups excluding tert-OH is 1. The number of hydrogen-bond acceptors (Lipinski definition) is 3. The van der Waals surface area contributed by atoms with Crippen LogP contribution in [0.4, 0.5) is 0 Å². The standard InChI is InChI=1S/C16H25N3O/c1-4-12-5-6-15-14(10-12)18-16(19(15)7-8-20)13(17)9-11(2)3/h5-6,10-11,13,20H,4,7-9,17H2,1-3H3. The lowest BCUT2D eigenvalue weighted by Crippen LogP contribution is -2.19. The minimum atomic E-state index is -0.0842. The Morgan fingerprint density at radius 2 is 2.10 bits per heavy atom. The van der Waals surface area contributed by atoms with Gasteiger partial charge in [-0.25, -0.2) is 4.98 Å². The SMILES string of the molecule is CCc1ccc2c(c1)nc(C(N)CC(C)C)n2CCO. The molecular weight excluding hydrogens is 250 g/mol. The Hall–Kier alpha value is -1.39. The van der Waals surface area contributed by atoms with E-state index in [1.807, 2.05) is 0 Å². The van der Waals surface area contributed by atoms with Gasteiger partial charge in [-0.05, 0) is 36.5 Å². The van der Waals surface area contributed by atoms with Gasteiger partial charge in [-0.1, -0.05) is 26.8 Å². The van der Waals surface area contributed by atoms with Gasteiger partial charge in [-0.3, -0.25) is 0 Å². The molecule has 0 aliphatic rings. The summed E-state index contributed by atoms with van der Waals surface area (Å²) >= 11 is 0. The second kappa shape index (κ2) is 6.37. The first-order valence-electron chi connectivity index (χ1n) is 7.42. The van der Waals surface area contributed by atoms with Gasteiger partial charge in [0.2, 0.25) is 0 Å². The molecule has 0 amide bonds. The summed E-state index contributed by atoms with van der Waals surface area (Å²) in [4.78, 5) is 4.72. The fraction of sp³-hybridized carbons (Fsp3) is 0.562. The first-order valence-corrected chi connectivity index (χ1v) is 7.42. The molecule has 0 saturated carbocycles. The van der Waals surface area contributed by atoms with E-state index in [2.05, 4.69) is 43.5 Å². The average Bonchev–Trinajstić information content (AvgIpc) is 2.76. The van der Waals surface area contributed by atoms with Crippen LogP contribution < -0.4 is 5.73 Å². The maximum Gasteiger partial charge on any atom is 0.126 e. The Morgan fingerprint density at radius 3 is 2.70 bits per heavy atom. The number of aryl methyl sites for hydroxylation is 1. The number of imidazole rings is 1. The van der Waals surface area contributed by atoms with Crippen LogP contribution in [0.1, 0.15) is 44.6 Å². The van der Waals surface area contributed by atoms with Crippen LogP contribution >= 0.6 is 0 Å². The number of hydrogen-bond donors (Lipinski definition) is 2. The van der Waals surface area contributed by atoms with Gasteiger partial charge in [0.15, 0.2) is 0 Å². The molecule has 0 saturated heterocycles. The van der Waals surface area contributed by atoms with E-state index in [1.165, 1.54) is 5.56 Å². The lowest BCUT2D eigenvalue weighted by Gasteiger charge is -2.15. The molecule has 4 nitrogen and oxygen atoms in total. The van der Waals surface area contributed by atoms with Crippen molar-refractivity contribution in [3.05, 3.63) is 29.6 Å². The molecule has 2 aromatic rings. The van der Waals surface area contributed by atoms with Gasteiger partial charge in [0, 0.05) is 6.54 Å². The summed E-state index contributed by atoms with van der Waals surface area (Å²) in [6.45, 7) is 7.10. The molecule has 0 bridgehead atoms. The van der Waals surface area contributed by atoms with E-state index in [4.69, 9.17) is 10.7 Å². The van der Waals surface area contributed by atoms with Gasteiger partial charge in [0.1, 0.15) is 5.82 Å². The molecule has 0 spiro atoms. The smallest absolute Gasteiger partial charge is 0.126 e. The predicted octanol–water partition coefficient (Wildman–Crippen LogP) is 2.64. The molecule has 1 atom stereocenters. The molecule has 0 aliphatic heterocycles. The van der Waals surface area contributed by atoms with Crippen molar-refractivity contribution in [3.63, 3.8) is 0 Å². The molecule has 110 valence electrons. The van der Waals surface area contributed by atoms with Crippen LogP contribution in [0.15, 0.2) is 18.2 Å². The van der Waals surface area contributed by atoms with E-state index in [1.54, 1.807) is 0 Å². The zero-order chi connectivity index (χ0) is 14.7. The topological polar surface area (TPSA) is 64.1 Å². The quantitative estimate of drug-likeness (QED) is 0.852. The Balaban J connectivity index is 2.48. The van der Waals surface area contributed by atoms with Gasteiger partial charge in [-0.2, -0.15) is 0 Å². The van der Waals surface area contributed by atoms with Crippen molar-refractivity contribution in [3.8, 4) is 0 Å². The monoisotopic (exact) mass is 275 g/mol. The molecule has 0 radical (unpaired) electrons. The normalized spacial score (nSPS) is 13.3. The van der Waals surface area contributed by atoms with Crippen LogP contribution in [0.2, 0.25) is 0 Å². The predicted molar refractivity (Wildman–Crippen MR) is 82.6 cm³/mol. The van der Waals surface area contributed by atoms with Crippen LogP contribution in [-0.4, -0.2) is 21.3 Å². The third-order valence-corrected chi connectivity index (χ3v) is 3.63. The molecule has 0 fully saturated rings. The molecule has 1 heterocycles. The Labute approximate surface area is 120 Å². The summed E-state index contributed by atoms with van der Waals surface area (Å²) in [7, 11) is 0. The maximum absolute atomic E-state index is 9.30. The Bertz CT molecular complexity index is 574. The van der Waals surface area contributed by atoms with Crippen LogP contribution in [0.3, 0.4) is 0 Å².